The van der Waals surface area contributed by atoms with Crippen LogP contribution in [0.3, 0.4) is 0 Å². The Labute approximate surface area is 179 Å². The van der Waals surface area contributed by atoms with E-state index in [9.17, 15) is 9.59 Å². The molecule has 0 aliphatic carbocycles. The summed E-state index contributed by atoms with van der Waals surface area (Å²) in [6.07, 6.45) is 3.98. The first-order valence-corrected chi connectivity index (χ1v) is 10.0. The van der Waals surface area contributed by atoms with Crippen molar-refractivity contribution in [1.82, 2.24) is 14.8 Å². The van der Waals surface area contributed by atoms with Crippen LogP contribution in [0.4, 0.5) is 5.69 Å². The number of benzene rings is 2. The molecular weight excluding hydrogens is 392 g/mol. The molecule has 7 nitrogen and oxygen atoms in total. The summed E-state index contributed by atoms with van der Waals surface area (Å²) in [5, 5.41) is 8.63. The highest BCUT2D eigenvalue weighted by atomic mass is 16.5. The van der Waals surface area contributed by atoms with Gasteiger partial charge in [0, 0.05) is 24.2 Å². The van der Waals surface area contributed by atoms with Crippen LogP contribution in [0, 0.1) is 0 Å². The molecule has 0 atom stereocenters. The molecule has 0 bridgehead atoms. The molecule has 2 aromatic carbocycles. The number of anilines is 1. The summed E-state index contributed by atoms with van der Waals surface area (Å²) in [6.45, 7) is 2.15. The summed E-state index contributed by atoms with van der Waals surface area (Å²) in [4.78, 5) is 29.8. The van der Waals surface area contributed by atoms with Crippen LogP contribution in [0.15, 0.2) is 77.9 Å². The SMILES string of the molecule is CCOc1ccccc1NC(=O)Cn1nc(Cc2cccnc2)c2ccccc2c1=O. The van der Waals surface area contributed by atoms with Crippen LogP contribution in [-0.4, -0.2) is 27.3 Å². The summed E-state index contributed by atoms with van der Waals surface area (Å²) in [6, 6.07) is 18.3. The minimum absolute atomic E-state index is 0.204. The minimum atomic E-state index is -0.357. The summed E-state index contributed by atoms with van der Waals surface area (Å²) >= 11 is 0. The van der Waals surface area contributed by atoms with E-state index in [0.717, 1.165) is 10.9 Å². The lowest BCUT2D eigenvalue weighted by Gasteiger charge is -2.13. The zero-order valence-corrected chi connectivity index (χ0v) is 17.1. The molecular formula is C24H22N4O3. The number of hydrogen-bond donors (Lipinski definition) is 1. The molecule has 0 unspecified atom stereocenters. The number of aromatic nitrogens is 3. The van der Waals surface area contributed by atoms with Gasteiger partial charge >= 0.3 is 0 Å². The Morgan fingerprint density at radius 1 is 1.03 bits per heavy atom. The van der Waals surface area contributed by atoms with Crippen molar-refractivity contribution in [3.63, 3.8) is 0 Å². The lowest BCUT2D eigenvalue weighted by atomic mass is 10.1. The maximum absolute atomic E-state index is 13.0. The van der Waals surface area contributed by atoms with Gasteiger partial charge in [0.2, 0.25) is 5.91 Å². The van der Waals surface area contributed by atoms with E-state index in [1.807, 2.05) is 43.3 Å². The maximum Gasteiger partial charge on any atom is 0.275 e. The number of nitrogens with zero attached hydrogens (tertiary/aromatic N) is 3. The highest BCUT2D eigenvalue weighted by Crippen LogP contribution is 2.23. The second-order valence-electron chi connectivity index (χ2n) is 6.97. The minimum Gasteiger partial charge on any atom is -0.492 e. The van der Waals surface area contributed by atoms with Gasteiger partial charge in [-0.25, -0.2) is 4.68 Å². The van der Waals surface area contributed by atoms with Crippen molar-refractivity contribution in [3.8, 4) is 5.75 Å². The van der Waals surface area contributed by atoms with Crippen LogP contribution >= 0.6 is 0 Å². The van der Waals surface area contributed by atoms with E-state index in [1.54, 1.807) is 36.7 Å². The van der Waals surface area contributed by atoms with E-state index in [0.29, 0.717) is 35.5 Å². The van der Waals surface area contributed by atoms with Crippen molar-refractivity contribution < 1.29 is 9.53 Å². The molecule has 2 heterocycles. The molecule has 4 aromatic rings. The summed E-state index contributed by atoms with van der Waals surface area (Å²) in [5.74, 6) is 0.221. The van der Waals surface area contributed by atoms with E-state index in [2.05, 4.69) is 15.4 Å². The van der Waals surface area contributed by atoms with Gasteiger partial charge in [0.1, 0.15) is 12.3 Å². The lowest BCUT2D eigenvalue weighted by molar-refractivity contribution is -0.117. The van der Waals surface area contributed by atoms with E-state index in [1.165, 1.54) is 4.68 Å². The Kier molecular flexibility index (Phi) is 6.03. The molecule has 4 rings (SSSR count). The standard InChI is InChI=1S/C24H22N4O3/c1-2-31-22-12-6-5-11-20(22)26-23(29)16-28-24(30)19-10-4-3-9-18(19)21(27-28)14-17-8-7-13-25-15-17/h3-13,15H,2,14,16H2,1H3,(H,26,29). The topological polar surface area (TPSA) is 86.1 Å². The molecule has 0 fully saturated rings. The molecule has 1 amide bonds. The normalized spacial score (nSPS) is 10.7. The number of amides is 1. The third kappa shape index (κ3) is 4.61. The van der Waals surface area contributed by atoms with Gasteiger partial charge in [-0.2, -0.15) is 5.10 Å². The van der Waals surface area contributed by atoms with Gasteiger partial charge in [0.25, 0.3) is 5.56 Å². The second-order valence-corrected chi connectivity index (χ2v) is 6.97. The number of carbonyl (C=O) groups is 1. The largest absolute Gasteiger partial charge is 0.492 e. The Balaban J connectivity index is 1.65. The van der Waals surface area contributed by atoms with Crippen LogP contribution in [0.1, 0.15) is 18.2 Å². The average Bonchev–Trinajstić information content (AvgIpc) is 2.79. The Morgan fingerprint density at radius 2 is 1.81 bits per heavy atom. The van der Waals surface area contributed by atoms with Crippen LogP contribution in [0.25, 0.3) is 10.8 Å². The molecule has 1 N–H and O–H groups in total. The predicted octanol–water partition coefficient (Wildman–Crippen LogP) is 3.42. The van der Waals surface area contributed by atoms with Gasteiger partial charge in [-0.3, -0.25) is 14.6 Å². The van der Waals surface area contributed by atoms with E-state index in [4.69, 9.17) is 4.74 Å². The number of hydrogen-bond acceptors (Lipinski definition) is 5. The number of rotatable bonds is 7. The van der Waals surface area contributed by atoms with Crippen molar-refractivity contribution in [2.75, 3.05) is 11.9 Å². The molecule has 0 spiro atoms. The average molecular weight is 414 g/mol. The molecule has 7 heteroatoms. The molecule has 0 aliphatic rings. The highest BCUT2D eigenvalue weighted by molar-refractivity contribution is 5.92. The lowest BCUT2D eigenvalue weighted by Crippen LogP contribution is -2.30. The molecule has 156 valence electrons. The van der Waals surface area contributed by atoms with Crippen molar-refractivity contribution in [1.29, 1.82) is 0 Å². The van der Waals surface area contributed by atoms with Crippen molar-refractivity contribution in [2.45, 2.75) is 19.9 Å². The van der Waals surface area contributed by atoms with Gasteiger partial charge in [-0.05, 0) is 36.8 Å². The zero-order valence-electron chi connectivity index (χ0n) is 17.1. The summed E-state index contributed by atoms with van der Waals surface area (Å²) in [5.41, 5.74) is 1.93. The fraction of sp³-hybridized carbons (Fsp3) is 0.167. The fourth-order valence-corrected chi connectivity index (χ4v) is 3.42. The molecule has 0 aliphatic heterocycles. The predicted molar refractivity (Wildman–Crippen MR) is 119 cm³/mol. The Hall–Kier alpha value is -4.00. The second kappa shape index (κ2) is 9.21. The van der Waals surface area contributed by atoms with E-state index in [-0.39, 0.29) is 18.0 Å². The third-order valence-electron chi connectivity index (χ3n) is 4.79. The summed E-state index contributed by atoms with van der Waals surface area (Å²) < 4.78 is 6.77. The number of fused-ring (bicyclic) bond motifs is 1. The highest BCUT2D eigenvalue weighted by Gasteiger charge is 2.14. The number of nitrogens with one attached hydrogen (secondary N) is 1. The van der Waals surface area contributed by atoms with Gasteiger partial charge < -0.3 is 10.1 Å². The molecule has 31 heavy (non-hydrogen) atoms. The number of carbonyl (C=O) groups excluding carboxylic acids is 1. The monoisotopic (exact) mass is 414 g/mol. The fourth-order valence-electron chi connectivity index (χ4n) is 3.42. The molecule has 2 aromatic heterocycles. The Morgan fingerprint density at radius 3 is 2.58 bits per heavy atom. The zero-order chi connectivity index (χ0) is 21.6. The molecule has 0 saturated heterocycles. The molecule has 0 saturated carbocycles. The van der Waals surface area contributed by atoms with Crippen LogP contribution in [-0.2, 0) is 17.8 Å². The number of ether oxygens (including phenoxy) is 1. The van der Waals surface area contributed by atoms with E-state index < -0.39 is 0 Å². The van der Waals surface area contributed by atoms with Gasteiger partial charge in [0.15, 0.2) is 0 Å². The number of para-hydroxylation sites is 2. The van der Waals surface area contributed by atoms with Crippen molar-refractivity contribution in [2.24, 2.45) is 0 Å². The smallest absolute Gasteiger partial charge is 0.275 e. The van der Waals surface area contributed by atoms with Crippen LogP contribution in [0.2, 0.25) is 0 Å². The van der Waals surface area contributed by atoms with Gasteiger partial charge in [-0.15, -0.1) is 0 Å². The first kappa shape index (κ1) is 20.3. The van der Waals surface area contributed by atoms with Crippen molar-refractivity contribution >= 4 is 22.4 Å². The third-order valence-corrected chi connectivity index (χ3v) is 4.79. The maximum atomic E-state index is 13.0. The molecule has 0 radical (unpaired) electrons. The first-order chi connectivity index (χ1) is 15.2. The van der Waals surface area contributed by atoms with Gasteiger partial charge in [0.05, 0.1) is 23.4 Å². The first-order valence-electron chi connectivity index (χ1n) is 10.0. The Bertz CT molecular complexity index is 1270. The van der Waals surface area contributed by atoms with Crippen molar-refractivity contribution in [3.05, 3.63) is 94.7 Å². The van der Waals surface area contributed by atoms with Gasteiger partial charge in [-0.1, -0.05) is 36.4 Å². The summed E-state index contributed by atoms with van der Waals surface area (Å²) in [7, 11) is 0. The van der Waals surface area contributed by atoms with Crippen LogP contribution < -0.4 is 15.6 Å². The van der Waals surface area contributed by atoms with E-state index >= 15 is 0 Å². The number of pyridine rings is 1. The quantitative estimate of drug-likeness (QED) is 0.501. The van der Waals surface area contributed by atoms with Crippen LogP contribution in [0.5, 0.6) is 5.75 Å².